The Labute approximate surface area is 159 Å². The Kier molecular flexibility index (Phi) is 5.42. The van der Waals surface area contributed by atoms with Crippen molar-refractivity contribution < 1.29 is 19.2 Å². The van der Waals surface area contributed by atoms with Gasteiger partial charge in [0, 0.05) is 16.3 Å². The van der Waals surface area contributed by atoms with Crippen LogP contribution in [-0.2, 0) is 0 Å². The van der Waals surface area contributed by atoms with Crippen LogP contribution in [0.25, 0.3) is 11.3 Å². The average molecular weight is 386 g/mol. The first kappa shape index (κ1) is 18.5. The van der Waals surface area contributed by atoms with Gasteiger partial charge in [-0.1, -0.05) is 47.1 Å². The van der Waals surface area contributed by atoms with Crippen LogP contribution < -0.4 is 10.6 Å². The first-order valence-electron chi connectivity index (χ1n) is 8.07. The maximum Gasteiger partial charge on any atom is 0.341 e. The second-order valence-electron chi connectivity index (χ2n) is 5.77. The highest BCUT2D eigenvalue weighted by molar-refractivity contribution is 6.30. The van der Waals surface area contributed by atoms with Crippen molar-refractivity contribution in [2.45, 2.75) is 13.0 Å². The van der Waals surface area contributed by atoms with Gasteiger partial charge in [-0.05, 0) is 31.2 Å². The lowest BCUT2D eigenvalue weighted by atomic mass is 10.0. The lowest BCUT2D eigenvalue weighted by Gasteiger charge is -2.13. The lowest BCUT2D eigenvalue weighted by molar-refractivity contribution is 0.0694. The number of halogens is 1. The molecule has 2 aromatic carbocycles. The number of hydrogen-bond acceptors (Lipinski definition) is 4. The molecule has 1 atom stereocenters. The number of hydrogen-bond donors (Lipinski definition) is 3. The topological polar surface area (TPSA) is 104 Å². The summed E-state index contributed by atoms with van der Waals surface area (Å²) in [6.07, 6.45) is 0. The van der Waals surface area contributed by atoms with E-state index in [1.807, 2.05) is 6.07 Å². The Morgan fingerprint density at radius 2 is 1.78 bits per heavy atom. The molecule has 7 nitrogen and oxygen atoms in total. The zero-order chi connectivity index (χ0) is 19.4. The normalized spacial score (nSPS) is 11.6. The van der Waals surface area contributed by atoms with Crippen LogP contribution in [0.15, 0.2) is 59.1 Å². The van der Waals surface area contributed by atoms with E-state index >= 15 is 0 Å². The van der Waals surface area contributed by atoms with E-state index in [9.17, 15) is 14.7 Å². The van der Waals surface area contributed by atoms with Crippen LogP contribution in [0.5, 0.6) is 0 Å². The summed E-state index contributed by atoms with van der Waals surface area (Å²) >= 11 is 5.87. The van der Waals surface area contributed by atoms with Gasteiger partial charge >= 0.3 is 12.0 Å². The van der Waals surface area contributed by atoms with Crippen molar-refractivity contribution in [2.75, 3.05) is 5.32 Å². The van der Waals surface area contributed by atoms with Gasteiger partial charge in [-0.3, -0.25) is 0 Å². The predicted molar refractivity (Wildman–Crippen MR) is 101 cm³/mol. The zero-order valence-electron chi connectivity index (χ0n) is 14.3. The van der Waals surface area contributed by atoms with Crippen LogP contribution >= 0.6 is 11.6 Å². The summed E-state index contributed by atoms with van der Waals surface area (Å²) in [6, 6.07) is 14.2. The molecule has 1 heterocycles. The van der Waals surface area contributed by atoms with E-state index in [1.54, 1.807) is 55.5 Å². The van der Waals surface area contributed by atoms with Gasteiger partial charge in [0.05, 0.1) is 6.04 Å². The number of carboxylic acids is 1. The van der Waals surface area contributed by atoms with Crippen molar-refractivity contribution >= 4 is 29.3 Å². The van der Waals surface area contributed by atoms with E-state index in [0.717, 1.165) is 0 Å². The van der Waals surface area contributed by atoms with Crippen molar-refractivity contribution in [1.82, 2.24) is 10.5 Å². The molecule has 3 rings (SSSR count). The molecule has 27 heavy (non-hydrogen) atoms. The Hall–Kier alpha value is -3.32. The van der Waals surface area contributed by atoms with Gasteiger partial charge in [0.1, 0.15) is 11.3 Å². The standard InChI is InChI=1S/C19H16ClN3O4/c1-11(21-19(26)22-14-5-3-2-4-6-14)17-15(18(24)25)16(23-27-17)12-7-9-13(20)10-8-12/h2-11H,1H3,(H,24,25)(H2,21,22,26). The molecule has 8 heteroatoms. The van der Waals surface area contributed by atoms with Gasteiger partial charge < -0.3 is 20.3 Å². The number of urea groups is 1. The summed E-state index contributed by atoms with van der Waals surface area (Å²) in [4.78, 5) is 23.9. The fourth-order valence-electron chi connectivity index (χ4n) is 2.56. The molecule has 3 N–H and O–H groups in total. The van der Waals surface area contributed by atoms with E-state index in [0.29, 0.717) is 16.3 Å². The first-order valence-corrected chi connectivity index (χ1v) is 8.45. The number of benzene rings is 2. The minimum Gasteiger partial charge on any atom is -0.477 e. The SMILES string of the molecule is CC(NC(=O)Nc1ccccc1)c1onc(-c2ccc(Cl)cc2)c1C(=O)O. The summed E-state index contributed by atoms with van der Waals surface area (Å²) in [5.41, 5.74) is 1.23. The molecule has 0 saturated heterocycles. The Morgan fingerprint density at radius 1 is 1.11 bits per heavy atom. The van der Waals surface area contributed by atoms with Crippen LogP contribution in [-0.4, -0.2) is 22.3 Å². The summed E-state index contributed by atoms with van der Waals surface area (Å²) in [7, 11) is 0. The second-order valence-corrected chi connectivity index (χ2v) is 6.21. The third kappa shape index (κ3) is 4.27. The number of rotatable bonds is 5. The third-order valence-electron chi connectivity index (χ3n) is 3.82. The van der Waals surface area contributed by atoms with E-state index < -0.39 is 18.0 Å². The zero-order valence-corrected chi connectivity index (χ0v) is 15.0. The summed E-state index contributed by atoms with van der Waals surface area (Å²) in [5, 5.41) is 19.3. The maximum absolute atomic E-state index is 12.1. The molecule has 1 unspecified atom stereocenters. The van der Waals surface area contributed by atoms with E-state index in [4.69, 9.17) is 16.1 Å². The number of aromatic nitrogens is 1. The van der Waals surface area contributed by atoms with Crippen molar-refractivity contribution in [3.05, 3.63) is 70.9 Å². The van der Waals surface area contributed by atoms with Crippen LogP contribution in [0.1, 0.15) is 29.1 Å². The number of anilines is 1. The number of carbonyl (C=O) groups excluding carboxylic acids is 1. The molecule has 0 aliphatic rings. The molecule has 3 aromatic rings. The molecular formula is C19H16ClN3O4. The minimum atomic E-state index is -1.20. The monoisotopic (exact) mass is 385 g/mol. The number of aromatic carboxylic acids is 1. The van der Waals surface area contributed by atoms with Crippen LogP contribution in [0, 0.1) is 0 Å². The second kappa shape index (κ2) is 7.92. The first-order chi connectivity index (χ1) is 13.0. The van der Waals surface area contributed by atoms with Gasteiger partial charge in [0.2, 0.25) is 0 Å². The van der Waals surface area contributed by atoms with Crippen molar-refractivity contribution in [1.29, 1.82) is 0 Å². The van der Waals surface area contributed by atoms with E-state index in [-0.39, 0.29) is 17.0 Å². The highest BCUT2D eigenvalue weighted by Crippen LogP contribution is 2.30. The fourth-order valence-corrected chi connectivity index (χ4v) is 2.69. The number of nitrogens with one attached hydrogen (secondary N) is 2. The molecule has 0 saturated carbocycles. The highest BCUT2D eigenvalue weighted by atomic mass is 35.5. The van der Waals surface area contributed by atoms with Crippen molar-refractivity contribution in [3.63, 3.8) is 0 Å². The molecule has 0 bridgehead atoms. The largest absolute Gasteiger partial charge is 0.477 e. The predicted octanol–water partition coefficient (Wildman–Crippen LogP) is 4.58. The lowest BCUT2D eigenvalue weighted by Crippen LogP contribution is -2.31. The number of para-hydroxylation sites is 1. The quantitative estimate of drug-likeness (QED) is 0.596. The fraction of sp³-hybridized carbons (Fsp3) is 0.105. The number of carboxylic acid groups (broad SMARTS) is 1. The van der Waals surface area contributed by atoms with Crippen LogP contribution in [0.3, 0.4) is 0 Å². The Bertz CT molecular complexity index is 955. The molecule has 0 radical (unpaired) electrons. The average Bonchev–Trinajstić information content (AvgIpc) is 3.08. The molecule has 0 spiro atoms. The van der Waals surface area contributed by atoms with Gasteiger partial charge in [0.15, 0.2) is 5.76 Å². The van der Waals surface area contributed by atoms with Crippen LogP contribution in [0.2, 0.25) is 5.02 Å². The van der Waals surface area contributed by atoms with Gasteiger partial charge in [-0.25, -0.2) is 9.59 Å². The number of amides is 2. The van der Waals surface area contributed by atoms with E-state index in [2.05, 4.69) is 15.8 Å². The van der Waals surface area contributed by atoms with Gasteiger partial charge in [-0.2, -0.15) is 0 Å². The maximum atomic E-state index is 12.1. The molecule has 138 valence electrons. The summed E-state index contributed by atoms with van der Waals surface area (Å²) in [5.74, 6) is -1.15. The smallest absolute Gasteiger partial charge is 0.341 e. The third-order valence-corrected chi connectivity index (χ3v) is 4.07. The molecule has 0 aliphatic carbocycles. The van der Waals surface area contributed by atoms with Gasteiger partial charge in [-0.15, -0.1) is 0 Å². The van der Waals surface area contributed by atoms with E-state index in [1.165, 1.54) is 0 Å². The Morgan fingerprint density at radius 3 is 2.41 bits per heavy atom. The van der Waals surface area contributed by atoms with Crippen LogP contribution in [0.4, 0.5) is 10.5 Å². The molecular weight excluding hydrogens is 370 g/mol. The van der Waals surface area contributed by atoms with Crippen molar-refractivity contribution in [2.24, 2.45) is 0 Å². The molecule has 0 fully saturated rings. The summed E-state index contributed by atoms with van der Waals surface area (Å²) < 4.78 is 5.25. The Balaban J connectivity index is 1.82. The molecule has 2 amide bonds. The number of carbonyl (C=O) groups is 2. The van der Waals surface area contributed by atoms with Gasteiger partial charge in [0.25, 0.3) is 0 Å². The molecule has 1 aromatic heterocycles. The number of nitrogens with zero attached hydrogens (tertiary/aromatic N) is 1. The summed E-state index contributed by atoms with van der Waals surface area (Å²) in [6.45, 7) is 1.61. The molecule has 0 aliphatic heterocycles. The highest BCUT2D eigenvalue weighted by Gasteiger charge is 2.28. The minimum absolute atomic E-state index is 0.0515. The van der Waals surface area contributed by atoms with Crippen molar-refractivity contribution in [3.8, 4) is 11.3 Å².